The summed E-state index contributed by atoms with van der Waals surface area (Å²) in [7, 11) is -3.80. The quantitative estimate of drug-likeness (QED) is 0.275. The highest BCUT2D eigenvalue weighted by molar-refractivity contribution is 7.88. The monoisotopic (exact) mass is 574 g/mol. The summed E-state index contributed by atoms with van der Waals surface area (Å²) in [5, 5.41) is 2.89. The van der Waals surface area contributed by atoms with Crippen molar-refractivity contribution in [3.8, 4) is 0 Å². The number of halogens is 1. The summed E-state index contributed by atoms with van der Waals surface area (Å²) in [4.78, 5) is 33.2. The Hall–Kier alpha value is -4.41. The van der Waals surface area contributed by atoms with Gasteiger partial charge in [0.15, 0.2) is 0 Å². The highest BCUT2D eigenvalue weighted by Crippen LogP contribution is 2.25. The maximum Gasteiger partial charge on any atom is 0.247 e. The lowest BCUT2D eigenvalue weighted by molar-refractivity contribution is -0.141. The van der Waals surface area contributed by atoms with Crippen molar-refractivity contribution >= 4 is 21.8 Å². The molecular formula is C31H31FN4O4S. The molecule has 41 heavy (non-hydrogen) atoms. The van der Waals surface area contributed by atoms with Crippen molar-refractivity contribution < 1.29 is 22.4 Å². The molecule has 0 unspecified atom stereocenters. The molecule has 212 valence electrons. The van der Waals surface area contributed by atoms with E-state index in [0.29, 0.717) is 16.7 Å². The molecule has 1 N–H and O–H groups in total. The Morgan fingerprint density at radius 1 is 0.829 bits per heavy atom. The molecule has 0 spiro atoms. The second-order valence-electron chi connectivity index (χ2n) is 9.56. The van der Waals surface area contributed by atoms with Crippen LogP contribution in [0.3, 0.4) is 0 Å². The first-order valence-corrected chi connectivity index (χ1v) is 14.8. The van der Waals surface area contributed by atoms with Crippen LogP contribution in [0.4, 0.5) is 4.39 Å². The van der Waals surface area contributed by atoms with Gasteiger partial charge in [-0.2, -0.15) is 4.31 Å². The van der Waals surface area contributed by atoms with Gasteiger partial charge in [0.1, 0.15) is 11.9 Å². The van der Waals surface area contributed by atoms with Crippen molar-refractivity contribution in [3.05, 3.63) is 138 Å². The van der Waals surface area contributed by atoms with Gasteiger partial charge in [0.05, 0.1) is 12.8 Å². The third kappa shape index (κ3) is 8.54. The molecule has 1 heterocycles. The van der Waals surface area contributed by atoms with Crippen LogP contribution in [0.5, 0.6) is 0 Å². The Balaban J connectivity index is 1.69. The van der Waals surface area contributed by atoms with E-state index < -0.39 is 40.2 Å². The van der Waals surface area contributed by atoms with E-state index in [1.807, 2.05) is 12.1 Å². The lowest BCUT2D eigenvalue weighted by atomic mass is 10.0. The summed E-state index contributed by atoms with van der Waals surface area (Å²) in [6, 6.07) is 25.8. The second-order valence-corrected chi connectivity index (χ2v) is 11.5. The van der Waals surface area contributed by atoms with Crippen molar-refractivity contribution in [1.82, 2.24) is 19.5 Å². The topological polar surface area (TPSA) is 99.7 Å². The maximum atomic E-state index is 14.0. The van der Waals surface area contributed by atoms with Gasteiger partial charge in [0.2, 0.25) is 21.8 Å². The number of pyridine rings is 1. The molecule has 0 bridgehead atoms. The summed E-state index contributed by atoms with van der Waals surface area (Å²) in [5.74, 6) is -1.47. The molecule has 0 aliphatic rings. The zero-order chi connectivity index (χ0) is 29.2. The van der Waals surface area contributed by atoms with Crippen LogP contribution in [0.1, 0.15) is 28.3 Å². The number of nitrogens with zero attached hydrogens (tertiary/aromatic N) is 3. The normalized spacial score (nSPS) is 12.1. The number of hydrogen-bond acceptors (Lipinski definition) is 5. The van der Waals surface area contributed by atoms with Crippen molar-refractivity contribution in [2.45, 2.75) is 25.7 Å². The Bertz CT molecular complexity index is 1540. The van der Waals surface area contributed by atoms with Gasteiger partial charge in [-0.25, -0.2) is 12.8 Å². The van der Waals surface area contributed by atoms with E-state index >= 15 is 0 Å². The van der Waals surface area contributed by atoms with Crippen LogP contribution in [-0.4, -0.2) is 47.2 Å². The Kier molecular flexibility index (Phi) is 9.94. The SMILES string of the molecule is CS(=O)(=O)N(CC(=O)N(Cc1ccc(F)cc1)[C@@H](C(=O)NCc1cccnc1)c1ccccc1)Cc1ccccc1. The number of carbonyl (C=O) groups is 2. The molecule has 0 radical (unpaired) electrons. The van der Waals surface area contributed by atoms with Gasteiger partial charge >= 0.3 is 0 Å². The van der Waals surface area contributed by atoms with E-state index in [1.54, 1.807) is 73.1 Å². The molecule has 0 saturated carbocycles. The van der Waals surface area contributed by atoms with Crippen LogP contribution in [0.15, 0.2) is 109 Å². The number of amides is 2. The number of nitrogens with one attached hydrogen (secondary N) is 1. The summed E-state index contributed by atoms with van der Waals surface area (Å²) in [6.45, 7) is -0.382. The minimum atomic E-state index is -3.80. The largest absolute Gasteiger partial charge is 0.350 e. The van der Waals surface area contributed by atoms with Gasteiger partial charge in [-0.3, -0.25) is 14.6 Å². The Labute approximate surface area is 239 Å². The average Bonchev–Trinajstić information content (AvgIpc) is 2.97. The predicted molar refractivity (Wildman–Crippen MR) is 154 cm³/mol. The fourth-order valence-electron chi connectivity index (χ4n) is 4.33. The lowest BCUT2D eigenvalue weighted by Crippen LogP contribution is -2.47. The van der Waals surface area contributed by atoms with Crippen LogP contribution in [0.2, 0.25) is 0 Å². The van der Waals surface area contributed by atoms with Crippen LogP contribution in [0, 0.1) is 5.82 Å². The zero-order valence-corrected chi connectivity index (χ0v) is 23.4. The first kappa shape index (κ1) is 29.6. The second kappa shape index (κ2) is 13.8. The Morgan fingerprint density at radius 2 is 1.44 bits per heavy atom. The molecular weight excluding hydrogens is 543 g/mol. The highest BCUT2D eigenvalue weighted by Gasteiger charge is 2.33. The van der Waals surface area contributed by atoms with Gasteiger partial charge in [-0.05, 0) is 40.5 Å². The average molecular weight is 575 g/mol. The first-order chi connectivity index (χ1) is 19.7. The molecule has 0 aliphatic carbocycles. The summed E-state index contributed by atoms with van der Waals surface area (Å²) < 4.78 is 40.3. The van der Waals surface area contributed by atoms with Crippen molar-refractivity contribution in [3.63, 3.8) is 0 Å². The standard InChI is InChI=1S/C31H31FN4O4S/c1-41(39,40)35(21-24-9-4-2-5-10-24)23-29(37)36(22-25-14-16-28(32)17-15-25)30(27-12-6-3-7-13-27)31(38)34-20-26-11-8-18-33-19-26/h2-19,30H,20-23H2,1H3,(H,34,38)/t30-/m1/s1. The van der Waals surface area contributed by atoms with E-state index in [-0.39, 0.29) is 19.6 Å². The molecule has 0 aliphatic heterocycles. The van der Waals surface area contributed by atoms with E-state index in [2.05, 4.69) is 10.3 Å². The molecule has 2 amide bonds. The van der Waals surface area contributed by atoms with Crippen LogP contribution in [0.25, 0.3) is 0 Å². The molecule has 1 aromatic heterocycles. The van der Waals surface area contributed by atoms with Crippen LogP contribution >= 0.6 is 0 Å². The summed E-state index contributed by atoms with van der Waals surface area (Å²) in [5.41, 5.74) is 2.61. The first-order valence-electron chi connectivity index (χ1n) is 13.0. The molecule has 4 aromatic rings. The Morgan fingerprint density at radius 3 is 2.05 bits per heavy atom. The summed E-state index contributed by atoms with van der Waals surface area (Å²) >= 11 is 0. The van der Waals surface area contributed by atoms with Gasteiger partial charge in [-0.15, -0.1) is 0 Å². The molecule has 4 rings (SSSR count). The van der Waals surface area contributed by atoms with Gasteiger partial charge in [0.25, 0.3) is 0 Å². The van der Waals surface area contributed by atoms with Gasteiger partial charge in [0, 0.05) is 32.0 Å². The molecule has 0 fully saturated rings. The predicted octanol–water partition coefficient (Wildman–Crippen LogP) is 4.07. The number of carbonyl (C=O) groups excluding carboxylic acids is 2. The molecule has 8 nitrogen and oxygen atoms in total. The maximum absolute atomic E-state index is 14.0. The number of hydrogen-bond donors (Lipinski definition) is 1. The number of aromatic nitrogens is 1. The minimum absolute atomic E-state index is 0.0149. The van der Waals surface area contributed by atoms with Crippen molar-refractivity contribution in [2.75, 3.05) is 12.8 Å². The fraction of sp³-hybridized carbons (Fsp3) is 0.194. The van der Waals surface area contributed by atoms with Gasteiger partial charge in [-0.1, -0.05) is 78.9 Å². The third-order valence-electron chi connectivity index (χ3n) is 6.43. The van der Waals surface area contributed by atoms with Gasteiger partial charge < -0.3 is 10.2 Å². The van der Waals surface area contributed by atoms with E-state index in [4.69, 9.17) is 0 Å². The lowest BCUT2D eigenvalue weighted by Gasteiger charge is -2.33. The number of benzene rings is 3. The molecule has 3 aromatic carbocycles. The van der Waals surface area contributed by atoms with Crippen molar-refractivity contribution in [2.24, 2.45) is 0 Å². The molecule has 1 atom stereocenters. The number of sulfonamides is 1. The van der Waals surface area contributed by atoms with E-state index in [9.17, 15) is 22.4 Å². The van der Waals surface area contributed by atoms with Crippen molar-refractivity contribution in [1.29, 1.82) is 0 Å². The van der Waals surface area contributed by atoms with Crippen LogP contribution in [-0.2, 0) is 39.2 Å². The fourth-order valence-corrected chi connectivity index (χ4v) is 5.05. The smallest absolute Gasteiger partial charge is 0.247 e. The molecule has 0 saturated heterocycles. The molecule has 10 heteroatoms. The van der Waals surface area contributed by atoms with E-state index in [0.717, 1.165) is 16.1 Å². The van der Waals surface area contributed by atoms with E-state index in [1.165, 1.54) is 29.2 Å². The summed E-state index contributed by atoms with van der Waals surface area (Å²) in [6.07, 6.45) is 4.31. The number of rotatable bonds is 12. The third-order valence-corrected chi connectivity index (χ3v) is 7.63. The van der Waals surface area contributed by atoms with Crippen LogP contribution < -0.4 is 5.32 Å². The minimum Gasteiger partial charge on any atom is -0.350 e. The zero-order valence-electron chi connectivity index (χ0n) is 22.6. The highest BCUT2D eigenvalue weighted by atomic mass is 32.2.